The first kappa shape index (κ1) is 23.6. The van der Waals surface area contributed by atoms with Gasteiger partial charge in [0.25, 0.3) is 10.0 Å². The highest BCUT2D eigenvalue weighted by molar-refractivity contribution is 7.90. The molecule has 3 aromatic carbocycles. The summed E-state index contributed by atoms with van der Waals surface area (Å²) >= 11 is 0. The number of methoxy groups -OCH3 is 1. The van der Waals surface area contributed by atoms with Crippen LogP contribution in [0.4, 0.5) is 13.2 Å². The molecule has 34 heavy (non-hydrogen) atoms. The van der Waals surface area contributed by atoms with E-state index in [-0.39, 0.29) is 11.3 Å². The largest absolute Gasteiger partial charge is 0.469 e. The van der Waals surface area contributed by atoms with Crippen molar-refractivity contribution in [2.75, 3.05) is 7.11 Å². The Balaban J connectivity index is 1.74. The maximum Gasteiger partial charge on any atom is 0.416 e. The number of benzene rings is 3. The van der Waals surface area contributed by atoms with Crippen LogP contribution in [0.25, 0.3) is 22.0 Å². The number of aryl methyl sites for hydroxylation is 1. The van der Waals surface area contributed by atoms with Gasteiger partial charge in [-0.15, -0.1) is 0 Å². The summed E-state index contributed by atoms with van der Waals surface area (Å²) in [7, 11) is -2.74. The number of esters is 1. The van der Waals surface area contributed by atoms with E-state index in [1.165, 1.54) is 41.5 Å². The van der Waals surface area contributed by atoms with E-state index < -0.39 is 27.7 Å². The zero-order chi connectivity index (χ0) is 24.5. The van der Waals surface area contributed by atoms with Crippen LogP contribution in [0, 0.1) is 0 Å². The van der Waals surface area contributed by atoms with Crippen molar-refractivity contribution in [3.05, 3.63) is 90.1 Å². The molecule has 0 aliphatic carbocycles. The summed E-state index contributed by atoms with van der Waals surface area (Å²) in [4.78, 5) is 11.6. The second kappa shape index (κ2) is 8.98. The molecule has 0 bridgehead atoms. The van der Waals surface area contributed by atoms with Crippen molar-refractivity contribution in [2.24, 2.45) is 0 Å². The van der Waals surface area contributed by atoms with E-state index in [4.69, 9.17) is 0 Å². The Morgan fingerprint density at radius 2 is 1.65 bits per heavy atom. The van der Waals surface area contributed by atoms with Crippen LogP contribution >= 0.6 is 0 Å². The molecule has 0 fully saturated rings. The molecule has 9 heteroatoms. The maximum atomic E-state index is 13.5. The molecule has 4 aromatic rings. The molecular weight excluding hydrogens is 467 g/mol. The first-order valence-electron chi connectivity index (χ1n) is 10.3. The van der Waals surface area contributed by atoms with Crippen LogP contribution in [0.3, 0.4) is 0 Å². The summed E-state index contributed by atoms with van der Waals surface area (Å²) in [5.41, 5.74) is 1.29. The summed E-state index contributed by atoms with van der Waals surface area (Å²) < 4.78 is 71.6. The van der Waals surface area contributed by atoms with Gasteiger partial charge in [0.2, 0.25) is 0 Å². The molecule has 0 radical (unpaired) electrons. The topological polar surface area (TPSA) is 65.4 Å². The van der Waals surface area contributed by atoms with Gasteiger partial charge in [0.05, 0.1) is 23.1 Å². The third kappa shape index (κ3) is 4.56. The predicted octanol–water partition coefficient (Wildman–Crippen LogP) is 5.67. The van der Waals surface area contributed by atoms with Crippen molar-refractivity contribution in [3.63, 3.8) is 0 Å². The molecule has 0 atom stereocenters. The van der Waals surface area contributed by atoms with Crippen LogP contribution in [0.2, 0.25) is 0 Å². The number of carbonyl (C=O) groups is 1. The lowest BCUT2D eigenvalue weighted by molar-refractivity contribution is -0.140. The van der Waals surface area contributed by atoms with Crippen molar-refractivity contribution < 1.29 is 31.1 Å². The number of para-hydroxylation sites is 1. The fourth-order valence-corrected chi connectivity index (χ4v) is 5.19. The van der Waals surface area contributed by atoms with E-state index in [2.05, 4.69) is 4.74 Å². The Hall–Kier alpha value is -3.59. The number of fused-ring (bicyclic) bond motifs is 1. The number of halogens is 3. The van der Waals surface area contributed by atoms with Crippen LogP contribution in [-0.4, -0.2) is 25.5 Å². The Kier molecular flexibility index (Phi) is 6.22. The van der Waals surface area contributed by atoms with Crippen molar-refractivity contribution >= 4 is 26.9 Å². The SMILES string of the molecule is COC(=O)CCc1cn(S(=O)(=O)c2cccc(-c3ccc(C(F)(F)F)cc3)c2)c2ccccc12. The first-order valence-corrected chi connectivity index (χ1v) is 11.7. The monoisotopic (exact) mass is 487 g/mol. The molecule has 0 aliphatic heterocycles. The van der Waals surface area contributed by atoms with E-state index >= 15 is 0 Å². The standard InChI is InChI=1S/C25H20F3NO4S/c1-33-24(30)14-11-19-16-29(23-8-3-2-7-22(19)23)34(31,32)21-6-4-5-18(15-21)17-9-12-20(13-10-17)25(26,27)28/h2-10,12-13,15-16H,11,14H2,1H3. The number of hydrogen-bond donors (Lipinski definition) is 0. The molecule has 0 aliphatic rings. The summed E-state index contributed by atoms with van der Waals surface area (Å²) in [6.07, 6.45) is -2.55. The van der Waals surface area contributed by atoms with E-state index in [1.807, 2.05) is 0 Å². The quantitative estimate of drug-likeness (QED) is 0.329. The Morgan fingerprint density at radius 1 is 0.941 bits per heavy atom. The highest BCUT2D eigenvalue weighted by atomic mass is 32.2. The Labute approximate surface area is 194 Å². The third-order valence-electron chi connectivity index (χ3n) is 5.52. The third-order valence-corrected chi connectivity index (χ3v) is 7.19. The molecule has 1 heterocycles. The normalized spacial score (nSPS) is 12.1. The lowest BCUT2D eigenvalue weighted by atomic mass is 10.0. The zero-order valence-electron chi connectivity index (χ0n) is 18.0. The van der Waals surface area contributed by atoms with Gasteiger partial charge < -0.3 is 4.74 Å². The summed E-state index contributed by atoms with van der Waals surface area (Å²) in [5.74, 6) is -0.399. The van der Waals surface area contributed by atoms with E-state index in [9.17, 15) is 26.4 Å². The van der Waals surface area contributed by atoms with Gasteiger partial charge in [-0.05, 0) is 53.4 Å². The van der Waals surface area contributed by atoms with E-state index in [0.717, 1.165) is 12.1 Å². The van der Waals surface area contributed by atoms with E-state index in [1.54, 1.807) is 36.4 Å². The van der Waals surface area contributed by atoms with Crippen LogP contribution in [0.1, 0.15) is 17.5 Å². The van der Waals surface area contributed by atoms with Crippen LogP contribution in [0.5, 0.6) is 0 Å². The van der Waals surface area contributed by atoms with Crippen molar-refractivity contribution in [3.8, 4) is 11.1 Å². The number of nitrogens with zero attached hydrogens (tertiary/aromatic N) is 1. The van der Waals surface area contributed by atoms with Crippen molar-refractivity contribution in [2.45, 2.75) is 23.9 Å². The molecule has 1 aromatic heterocycles. The number of aromatic nitrogens is 1. The highest BCUT2D eigenvalue weighted by Gasteiger charge is 2.30. The van der Waals surface area contributed by atoms with Gasteiger partial charge in [0.15, 0.2) is 0 Å². The second-order valence-electron chi connectivity index (χ2n) is 7.65. The zero-order valence-corrected chi connectivity index (χ0v) is 18.9. The molecule has 0 saturated heterocycles. The lowest BCUT2D eigenvalue weighted by Gasteiger charge is -2.11. The van der Waals surface area contributed by atoms with Crippen molar-refractivity contribution in [1.82, 2.24) is 3.97 Å². The molecule has 0 N–H and O–H groups in total. The van der Waals surface area contributed by atoms with E-state index in [0.29, 0.717) is 34.0 Å². The van der Waals surface area contributed by atoms with Gasteiger partial charge in [-0.3, -0.25) is 4.79 Å². The number of alkyl halides is 3. The molecule has 176 valence electrons. The average Bonchev–Trinajstić information content (AvgIpc) is 3.21. The van der Waals surface area contributed by atoms with Gasteiger partial charge in [-0.2, -0.15) is 13.2 Å². The summed E-state index contributed by atoms with van der Waals surface area (Å²) in [6, 6.07) is 17.6. The fourth-order valence-electron chi connectivity index (χ4n) is 3.76. The molecule has 0 spiro atoms. The molecule has 5 nitrogen and oxygen atoms in total. The van der Waals surface area contributed by atoms with Crippen LogP contribution in [0.15, 0.2) is 83.9 Å². The predicted molar refractivity (Wildman–Crippen MR) is 122 cm³/mol. The van der Waals surface area contributed by atoms with Crippen LogP contribution in [-0.2, 0) is 32.2 Å². The highest BCUT2D eigenvalue weighted by Crippen LogP contribution is 2.32. The Morgan fingerprint density at radius 3 is 2.32 bits per heavy atom. The maximum absolute atomic E-state index is 13.5. The Bertz CT molecular complexity index is 1460. The minimum atomic E-state index is -4.45. The number of hydrogen-bond acceptors (Lipinski definition) is 4. The molecule has 0 amide bonds. The van der Waals surface area contributed by atoms with Gasteiger partial charge in [-0.25, -0.2) is 12.4 Å². The number of rotatable bonds is 6. The first-order chi connectivity index (χ1) is 16.1. The molecule has 0 unspecified atom stereocenters. The number of carbonyl (C=O) groups excluding carboxylic acids is 1. The smallest absolute Gasteiger partial charge is 0.416 e. The summed E-state index contributed by atoms with van der Waals surface area (Å²) in [5, 5.41) is 0.703. The fraction of sp³-hybridized carbons (Fsp3) is 0.160. The minimum absolute atomic E-state index is 0.00910. The molecular formula is C25H20F3NO4S. The van der Waals surface area contributed by atoms with Gasteiger partial charge in [0.1, 0.15) is 0 Å². The van der Waals surface area contributed by atoms with Gasteiger partial charge in [0, 0.05) is 18.0 Å². The second-order valence-corrected chi connectivity index (χ2v) is 9.47. The number of ether oxygens (including phenoxy) is 1. The molecule has 0 saturated carbocycles. The van der Waals surface area contributed by atoms with Gasteiger partial charge >= 0.3 is 12.1 Å². The molecule has 4 rings (SSSR count). The average molecular weight is 487 g/mol. The lowest BCUT2D eigenvalue weighted by Crippen LogP contribution is -2.12. The minimum Gasteiger partial charge on any atom is -0.469 e. The van der Waals surface area contributed by atoms with Crippen molar-refractivity contribution in [1.29, 1.82) is 0 Å². The van der Waals surface area contributed by atoms with Crippen LogP contribution < -0.4 is 0 Å². The summed E-state index contributed by atoms with van der Waals surface area (Å²) in [6.45, 7) is 0. The van der Waals surface area contributed by atoms with Gasteiger partial charge in [-0.1, -0.05) is 42.5 Å².